The van der Waals surface area contributed by atoms with Gasteiger partial charge < -0.3 is 4.74 Å². The summed E-state index contributed by atoms with van der Waals surface area (Å²) < 4.78 is 17.6. The zero-order valence-electron chi connectivity index (χ0n) is 6.66. The monoisotopic (exact) mass is 172 g/mol. The molecule has 0 unspecified atom stereocenters. The smallest absolute Gasteiger partial charge is 0.358 e. The number of carbonyl (C=O) groups is 1. The van der Waals surface area contributed by atoms with Gasteiger partial charge in [-0.25, -0.2) is 9.18 Å². The molecule has 1 heterocycles. The van der Waals surface area contributed by atoms with Crippen molar-refractivity contribution in [2.24, 2.45) is 0 Å². The fourth-order valence-electron chi connectivity index (χ4n) is 0.786. The number of ether oxygens (including phenoxy) is 1. The van der Waals surface area contributed by atoms with Crippen molar-refractivity contribution < 1.29 is 13.9 Å². The molecule has 12 heavy (non-hydrogen) atoms. The van der Waals surface area contributed by atoms with Crippen LogP contribution in [0.4, 0.5) is 4.39 Å². The molecule has 0 N–H and O–H groups in total. The van der Waals surface area contributed by atoms with Crippen molar-refractivity contribution in [1.29, 1.82) is 0 Å². The third-order valence-corrected chi connectivity index (χ3v) is 1.35. The number of hydrogen-bond donors (Lipinski definition) is 0. The maximum absolute atomic E-state index is 11.8. The van der Waals surface area contributed by atoms with Crippen molar-refractivity contribution in [3.05, 3.63) is 18.0 Å². The highest BCUT2D eigenvalue weighted by molar-refractivity contribution is 5.86. The summed E-state index contributed by atoms with van der Waals surface area (Å²) in [5.74, 6) is -0.507. The molecule has 66 valence electrons. The first-order valence-corrected chi connectivity index (χ1v) is 3.45. The molecule has 0 saturated carbocycles. The molecule has 0 aromatic carbocycles. The van der Waals surface area contributed by atoms with Crippen LogP contribution >= 0.6 is 0 Å². The Hall–Kier alpha value is -1.39. The fourth-order valence-corrected chi connectivity index (χ4v) is 0.786. The van der Waals surface area contributed by atoms with Crippen molar-refractivity contribution in [3.8, 4) is 0 Å². The van der Waals surface area contributed by atoms with E-state index in [1.54, 1.807) is 0 Å². The lowest BCUT2D eigenvalue weighted by Crippen LogP contribution is -2.05. The summed E-state index contributed by atoms with van der Waals surface area (Å²) in [6.45, 7) is -0.334. The van der Waals surface area contributed by atoms with Gasteiger partial charge in [-0.2, -0.15) is 5.10 Å². The van der Waals surface area contributed by atoms with Crippen LogP contribution in [0.25, 0.3) is 0 Å². The van der Waals surface area contributed by atoms with Gasteiger partial charge in [-0.1, -0.05) is 0 Å². The van der Waals surface area contributed by atoms with Crippen LogP contribution in [0.5, 0.6) is 0 Å². The van der Waals surface area contributed by atoms with Gasteiger partial charge in [0.1, 0.15) is 6.67 Å². The number of aryl methyl sites for hydroxylation is 1. The number of carbonyl (C=O) groups excluding carboxylic acids is 1. The van der Waals surface area contributed by atoms with E-state index < -0.39 is 12.6 Å². The summed E-state index contributed by atoms with van der Waals surface area (Å²) in [6.07, 6.45) is 1.53. The van der Waals surface area contributed by atoms with Gasteiger partial charge in [0.25, 0.3) is 0 Å². The van der Waals surface area contributed by atoms with Gasteiger partial charge in [-0.05, 0) is 6.07 Å². The van der Waals surface area contributed by atoms with Gasteiger partial charge in [-0.3, -0.25) is 4.68 Å². The molecule has 0 aliphatic rings. The largest absolute Gasteiger partial charge is 0.464 e. The summed E-state index contributed by atoms with van der Waals surface area (Å²) in [7, 11) is 1.27. The minimum Gasteiger partial charge on any atom is -0.464 e. The average Bonchev–Trinajstić information content (AvgIpc) is 2.52. The molecule has 0 radical (unpaired) electrons. The van der Waals surface area contributed by atoms with E-state index in [4.69, 9.17) is 0 Å². The van der Waals surface area contributed by atoms with Crippen LogP contribution in [0, 0.1) is 0 Å². The molecule has 0 saturated heterocycles. The molecule has 0 amide bonds. The maximum atomic E-state index is 11.8. The van der Waals surface area contributed by atoms with Gasteiger partial charge in [0.2, 0.25) is 0 Å². The number of rotatable bonds is 3. The van der Waals surface area contributed by atoms with Gasteiger partial charge in [-0.15, -0.1) is 0 Å². The zero-order chi connectivity index (χ0) is 8.97. The fraction of sp³-hybridized carbons (Fsp3) is 0.429. The van der Waals surface area contributed by atoms with Crippen molar-refractivity contribution >= 4 is 5.97 Å². The van der Waals surface area contributed by atoms with Crippen LogP contribution in [0.2, 0.25) is 0 Å². The third kappa shape index (κ3) is 1.81. The summed E-state index contributed by atoms with van der Waals surface area (Å²) in [4.78, 5) is 10.8. The van der Waals surface area contributed by atoms with Crippen LogP contribution in [0.15, 0.2) is 12.3 Å². The molecular formula is C7H9FN2O2. The molecular weight excluding hydrogens is 163 g/mol. The van der Waals surface area contributed by atoms with Gasteiger partial charge >= 0.3 is 5.97 Å². The highest BCUT2D eigenvalue weighted by Crippen LogP contribution is 1.97. The van der Waals surface area contributed by atoms with Crippen molar-refractivity contribution in [2.75, 3.05) is 13.8 Å². The van der Waals surface area contributed by atoms with E-state index >= 15 is 0 Å². The van der Waals surface area contributed by atoms with Crippen LogP contribution in [0.1, 0.15) is 10.5 Å². The highest BCUT2D eigenvalue weighted by Gasteiger charge is 2.08. The van der Waals surface area contributed by atoms with E-state index in [-0.39, 0.29) is 12.2 Å². The molecule has 4 nitrogen and oxygen atoms in total. The number of methoxy groups -OCH3 is 1. The first-order chi connectivity index (χ1) is 5.77. The van der Waals surface area contributed by atoms with Gasteiger partial charge in [0, 0.05) is 6.20 Å². The Morgan fingerprint density at radius 2 is 2.58 bits per heavy atom. The number of hydrogen-bond acceptors (Lipinski definition) is 3. The summed E-state index contributed by atoms with van der Waals surface area (Å²) in [5, 5.41) is 3.77. The van der Waals surface area contributed by atoms with Gasteiger partial charge in [0.15, 0.2) is 5.69 Å². The van der Waals surface area contributed by atoms with Crippen molar-refractivity contribution in [2.45, 2.75) is 6.54 Å². The number of aromatic nitrogens is 2. The maximum Gasteiger partial charge on any atom is 0.358 e. The number of halogens is 1. The Kier molecular flexibility index (Phi) is 2.79. The van der Waals surface area contributed by atoms with E-state index in [1.165, 1.54) is 24.1 Å². The molecule has 0 bridgehead atoms. The van der Waals surface area contributed by atoms with E-state index in [9.17, 15) is 9.18 Å². The third-order valence-electron chi connectivity index (χ3n) is 1.35. The van der Waals surface area contributed by atoms with Gasteiger partial charge in [0.05, 0.1) is 13.7 Å². The second-order valence-corrected chi connectivity index (χ2v) is 2.14. The number of esters is 1. The van der Waals surface area contributed by atoms with Crippen LogP contribution < -0.4 is 0 Å². The Morgan fingerprint density at radius 3 is 3.17 bits per heavy atom. The predicted molar refractivity (Wildman–Crippen MR) is 39.5 cm³/mol. The zero-order valence-corrected chi connectivity index (χ0v) is 6.66. The van der Waals surface area contributed by atoms with Crippen LogP contribution in [-0.4, -0.2) is 29.5 Å². The van der Waals surface area contributed by atoms with E-state index in [2.05, 4.69) is 9.84 Å². The normalized spacial score (nSPS) is 9.83. The van der Waals surface area contributed by atoms with E-state index in [1.807, 2.05) is 0 Å². The summed E-state index contributed by atoms with van der Waals surface area (Å²) in [6, 6.07) is 1.49. The summed E-state index contributed by atoms with van der Waals surface area (Å²) in [5.41, 5.74) is 0.200. The average molecular weight is 172 g/mol. The molecule has 0 aliphatic carbocycles. The van der Waals surface area contributed by atoms with Crippen LogP contribution in [-0.2, 0) is 11.3 Å². The SMILES string of the molecule is COC(=O)c1ccn(CCF)n1. The van der Waals surface area contributed by atoms with Crippen molar-refractivity contribution in [1.82, 2.24) is 9.78 Å². The number of alkyl halides is 1. The van der Waals surface area contributed by atoms with E-state index in [0.29, 0.717) is 0 Å². The molecule has 1 aromatic rings. The first-order valence-electron chi connectivity index (χ1n) is 3.45. The molecule has 0 spiro atoms. The minimum absolute atomic E-state index is 0.164. The Balaban J connectivity index is 2.70. The molecule has 0 aliphatic heterocycles. The minimum atomic E-state index is -0.507. The summed E-state index contributed by atoms with van der Waals surface area (Å²) >= 11 is 0. The molecule has 1 aromatic heterocycles. The molecule has 0 fully saturated rings. The molecule has 5 heteroatoms. The Bertz CT molecular complexity index is 272. The van der Waals surface area contributed by atoms with E-state index in [0.717, 1.165) is 0 Å². The standard InChI is InChI=1S/C7H9FN2O2/c1-12-7(11)6-2-4-10(9-6)5-3-8/h2,4H,3,5H2,1H3. The molecule has 1 rings (SSSR count). The lowest BCUT2D eigenvalue weighted by atomic mass is 10.4. The Labute approximate surface area is 68.9 Å². The lowest BCUT2D eigenvalue weighted by molar-refractivity contribution is 0.0593. The topological polar surface area (TPSA) is 44.1 Å². The second kappa shape index (κ2) is 3.85. The molecule has 0 atom stereocenters. The van der Waals surface area contributed by atoms with Crippen LogP contribution in [0.3, 0.4) is 0 Å². The highest BCUT2D eigenvalue weighted by atomic mass is 19.1. The van der Waals surface area contributed by atoms with Crippen molar-refractivity contribution in [3.63, 3.8) is 0 Å². The lowest BCUT2D eigenvalue weighted by Gasteiger charge is -1.94. The Morgan fingerprint density at radius 1 is 1.83 bits per heavy atom. The quantitative estimate of drug-likeness (QED) is 0.628. The first kappa shape index (κ1) is 8.70. The predicted octanol–water partition coefficient (Wildman–Crippen LogP) is 0.639. The second-order valence-electron chi connectivity index (χ2n) is 2.14. The number of nitrogens with zero attached hydrogens (tertiary/aromatic N) is 2.